The number of pyridine rings is 1. The van der Waals surface area contributed by atoms with Crippen LogP contribution in [0.3, 0.4) is 0 Å². The molecule has 0 saturated heterocycles. The molecule has 0 bridgehead atoms. The quantitative estimate of drug-likeness (QED) is 0.745. The highest BCUT2D eigenvalue weighted by Gasteiger charge is 2.24. The monoisotopic (exact) mass is 336 g/mol. The van der Waals surface area contributed by atoms with Crippen molar-refractivity contribution in [3.63, 3.8) is 0 Å². The molecule has 3 aromatic heterocycles. The van der Waals surface area contributed by atoms with Gasteiger partial charge in [0, 0.05) is 18.0 Å². The number of hydrogen-bond donors (Lipinski definition) is 1. The average molecular weight is 336 g/mol. The molecule has 0 aliphatic carbocycles. The molecule has 128 valence electrons. The maximum absolute atomic E-state index is 12.0. The zero-order valence-corrected chi connectivity index (χ0v) is 14.3. The molecule has 0 spiro atoms. The van der Waals surface area contributed by atoms with Crippen LogP contribution >= 0.6 is 0 Å². The van der Waals surface area contributed by atoms with Crippen LogP contribution in [0.5, 0.6) is 0 Å². The van der Waals surface area contributed by atoms with E-state index in [1.165, 1.54) is 0 Å². The molecule has 0 aliphatic heterocycles. The lowest BCUT2D eigenvalue weighted by Gasteiger charge is -2.08. The largest absolute Gasteiger partial charge is 0.364 e. The predicted molar refractivity (Wildman–Crippen MR) is 94.3 cm³/mol. The summed E-state index contributed by atoms with van der Waals surface area (Å²) in [4.78, 5) is 16.5. The maximum Gasteiger partial charge on any atom is 0.269 e. The van der Waals surface area contributed by atoms with Crippen LogP contribution in [0.25, 0.3) is 17.2 Å². The maximum atomic E-state index is 12.0. The van der Waals surface area contributed by atoms with Crippen LogP contribution in [0.15, 0.2) is 36.7 Å². The summed E-state index contributed by atoms with van der Waals surface area (Å²) in [7, 11) is 0. The van der Waals surface area contributed by atoms with E-state index in [-0.39, 0.29) is 5.69 Å². The molecule has 25 heavy (non-hydrogen) atoms. The molecule has 0 fully saturated rings. The van der Waals surface area contributed by atoms with Gasteiger partial charge in [0.15, 0.2) is 11.5 Å². The van der Waals surface area contributed by atoms with Crippen LogP contribution in [-0.4, -0.2) is 30.9 Å². The van der Waals surface area contributed by atoms with Crippen molar-refractivity contribution in [2.45, 2.75) is 33.1 Å². The molecule has 7 nitrogen and oxygen atoms in total. The number of carbonyl (C=O) groups excluding carboxylic acids is 1. The van der Waals surface area contributed by atoms with Gasteiger partial charge in [-0.3, -0.25) is 9.78 Å². The average Bonchev–Trinajstić information content (AvgIpc) is 3.01. The normalized spacial score (nSPS) is 10.8. The molecule has 3 aromatic rings. The van der Waals surface area contributed by atoms with Gasteiger partial charge < -0.3 is 5.73 Å². The van der Waals surface area contributed by atoms with E-state index in [1.807, 2.05) is 19.1 Å². The molecule has 0 atom stereocenters. The summed E-state index contributed by atoms with van der Waals surface area (Å²) >= 11 is 0. The number of amides is 1. The molecule has 1 amide bonds. The van der Waals surface area contributed by atoms with Crippen molar-refractivity contribution in [1.82, 2.24) is 25.0 Å². The minimum Gasteiger partial charge on any atom is -0.364 e. The highest BCUT2D eigenvalue weighted by Crippen LogP contribution is 2.28. The van der Waals surface area contributed by atoms with Gasteiger partial charge in [-0.25, -0.2) is 4.68 Å². The number of nitrogens with two attached hydrogens (primary N) is 1. The number of aryl methyl sites for hydroxylation is 1. The molecule has 3 rings (SSSR count). The highest BCUT2D eigenvalue weighted by atomic mass is 16.1. The van der Waals surface area contributed by atoms with Gasteiger partial charge in [0.2, 0.25) is 0 Å². The summed E-state index contributed by atoms with van der Waals surface area (Å²) in [5.41, 5.74) is 9.16. The summed E-state index contributed by atoms with van der Waals surface area (Å²) in [5, 5.41) is 12.5. The van der Waals surface area contributed by atoms with Gasteiger partial charge in [-0.1, -0.05) is 19.4 Å². The van der Waals surface area contributed by atoms with Crippen LogP contribution in [0.2, 0.25) is 0 Å². The van der Waals surface area contributed by atoms with E-state index in [1.54, 1.807) is 29.2 Å². The van der Waals surface area contributed by atoms with Crippen molar-refractivity contribution in [3.8, 4) is 17.2 Å². The summed E-state index contributed by atoms with van der Waals surface area (Å²) < 4.78 is 1.61. The first-order valence-corrected chi connectivity index (χ1v) is 8.24. The fourth-order valence-electron chi connectivity index (χ4n) is 2.68. The van der Waals surface area contributed by atoms with Crippen molar-refractivity contribution < 1.29 is 4.79 Å². The SMILES string of the molecule is CCCCc1c(C(N)=O)nn(-c2cccnn2)c1-c1ccc(C)cn1. The summed E-state index contributed by atoms with van der Waals surface area (Å²) in [6.07, 6.45) is 5.99. The summed E-state index contributed by atoms with van der Waals surface area (Å²) in [5.74, 6) is -0.0350. The smallest absolute Gasteiger partial charge is 0.269 e. The molecule has 0 saturated carbocycles. The van der Waals surface area contributed by atoms with Gasteiger partial charge in [0.25, 0.3) is 5.91 Å². The van der Waals surface area contributed by atoms with Gasteiger partial charge in [0.05, 0.1) is 11.4 Å². The number of carbonyl (C=O) groups is 1. The van der Waals surface area contributed by atoms with Crippen molar-refractivity contribution in [2.75, 3.05) is 0 Å². The third-order valence-electron chi connectivity index (χ3n) is 3.93. The Morgan fingerprint density at radius 2 is 2.12 bits per heavy atom. The molecule has 7 heteroatoms. The third kappa shape index (κ3) is 3.40. The number of hydrogen-bond acceptors (Lipinski definition) is 5. The van der Waals surface area contributed by atoms with E-state index in [2.05, 4.69) is 27.2 Å². The molecule has 3 heterocycles. The van der Waals surface area contributed by atoms with Crippen molar-refractivity contribution in [1.29, 1.82) is 0 Å². The number of aromatic nitrogens is 5. The van der Waals surface area contributed by atoms with E-state index in [0.717, 1.165) is 35.4 Å². The second-order valence-corrected chi connectivity index (χ2v) is 5.86. The first-order valence-electron chi connectivity index (χ1n) is 8.24. The van der Waals surface area contributed by atoms with Crippen molar-refractivity contribution in [3.05, 3.63) is 53.5 Å². The Morgan fingerprint density at radius 3 is 2.72 bits per heavy atom. The lowest BCUT2D eigenvalue weighted by Crippen LogP contribution is -2.14. The van der Waals surface area contributed by atoms with Crippen molar-refractivity contribution >= 4 is 5.91 Å². The van der Waals surface area contributed by atoms with E-state index in [9.17, 15) is 4.79 Å². The zero-order valence-electron chi connectivity index (χ0n) is 14.3. The van der Waals surface area contributed by atoms with E-state index in [0.29, 0.717) is 12.2 Å². The summed E-state index contributed by atoms with van der Waals surface area (Å²) in [6, 6.07) is 7.45. The molecule has 2 N–H and O–H groups in total. The second kappa shape index (κ2) is 7.21. The molecular weight excluding hydrogens is 316 g/mol. The first kappa shape index (κ1) is 16.8. The number of unbranched alkanes of at least 4 members (excludes halogenated alkanes) is 1. The molecule has 0 unspecified atom stereocenters. The van der Waals surface area contributed by atoms with Crippen LogP contribution < -0.4 is 5.73 Å². The first-order chi connectivity index (χ1) is 12.1. The number of primary amides is 1. The third-order valence-corrected chi connectivity index (χ3v) is 3.93. The van der Waals surface area contributed by atoms with Gasteiger partial charge in [0.1, 0.15) is 0 Å². The minimum atomic E-state index is -0.554. The molecule has 0 radical (unpaired) electrons. The Balaban J connectivity index is 2.26. The Bertz CT molecular complexity index is 871. The molecular formula is C18H20N6O. The van der Waals surface area contributed by atoms with E-state index in [4.69, 9.17) is 5.73 Å². The van der Waals surface area contributed by atoms with Crippen LogP contribution in [-0.2, 0) is 6.42 Å². The van der Waals surface area contributed by atoms with E-state index >= 15 is 0 Å². The Labute approximate surface area is 145 Å². The van der Waals surface area contributed by atoms with Gasteiger partial charge in [-0.05, 0) is 43.5 Å². The van der Waals surface area contributed by atoms with Gasteiger partial charge >= 0.3 is 0 Å². The Morgan fingerprint density at radius 1 is 1.28 bits per heavy atom. The second-order valence-electron chi connectivity index (χ2n) is 5.86. The van der Waals surface area contributed by atoms with Gasteiger partial charge in [-0.2, -0.15) is 10.2 Å². The lowest BCUT2D eigenvalue weighted by molar-refractivity contribution is 0.0994. The van der Waals surface area contributed by atoms with Gasteiger partial charge in [-0.15, -0.1) is 5.10 Å². The van der Waals surface area contributed by atoms with Crippen LogP contribution in [0.1, 0.15) is 41.4 Å². The summed E-state index contributed by atoms with van der Waals surface area (Å²) in [6.45, 7) is 4.07. The number of nitrogens with zero attached hydrogens (tertiary/aromatic N) is 5. The van der Waals surface area contributed by atoms with Crippen LogP contribution in [0.4, 0.5) is 0 Å². The predicted octanol–water partition coefficient (Wildman–Crippen LogP) is 2.47. The Hall–Kier alpha value is -3.09. The standard InChI is InChI=1S/C18H20N6O/c1-3-4-6-13-16(18(19)25)23-24(15-7-5-10-21-22-15)17(13)14-9-8-12(2)11-20-14/h5,7-11H,3-4,6H2,1-2H3,(H2,19,25). The highest BCUT2D eigenvalue weighted by molar-refractivity contribution is 5.94. The Kier molecular flexibility index (Phi) is 4.83. The topological polar surface area (TPSA) is 99.6 Å². The molecule has 0 aliphatic rings. The fraction of sp³-hybridized carbons (Fsp3) is 0.278. The van der Waals surface area contributed by atoms with Crippen LogP contribution in [0, 0.1) is 6.92 Å². The lowest BCUT2D eigenvalue weighted by atomic mass is 10.0. The fourth-order valence-corrected chi connectivity index (χ4v) is 2.68. The molecule has 0 aromatic carbocycles. The minimum absolute atomic E-state index is 0.261. The van der Waals surface area contributed by atoms with E-state index < -0.39 is 5.91 Å². The zero-order chi connectivity index (χ0) is 17.8. The van der Waals surface area contributed by atoms with Crippen molar-refractivity contribution in [2.24, 2.45) is 5.73 Å². The number of rotatable bonds is 6.